The molecule has 20 heavy (non-hydrogen) atoms. The lowest BCUT2D eigenvalue weighted by Gasteiger charge is -2.04. The number of rotatable bonds is 2. The maximum atomic E-state index is 11.6. The summed E-state index contributed by atoms with van der Waals surface area (Å²) in [6.45, 7) is 0. The van der Waals surface area contributed by atoms with Gasteiger partial charge in [-0.3, -0.25) is 0 Å². The van der Waals surface area contributed by atoms with E-state index < -0.39 is 9.84 Å². The van der Waals surface area contributed by atoms with E-state index in [0.29, 0.717) is 10.8 Å². The third-order valence-electron chi connectivity index (χ3n) is 4.87. The SMILES string of the molecule is CS(=O)(=O)c1ccc2nc(C3C4CCCCC43)[nH]c2c1. The summed E-state index contributed by atoms with van der Waals surface area (Å²) in [5, 5.41) is 0. The topological polar surface area (TPSA) is 62.8 Å². The lowest BCUT2D eigenvalue weighted by Crippen LogP contribution is -1.96. The number of nitrogens with one attached hydrogen (secondary N) is 1. The first-order valence-corrected chi connectivity index (χ1v) is 9.13. The molecule has 2 fully saturated rings. The molecule has 1 N–H and O–H groups in total. The molecule has 1 heterocycles. The number of nitrogens with zero attached hydrogens (tertiary/aromatic N) is 1. The molecule has 0 amide bonds. The van der Waals surface area contributed by atoms with Gasteiger partial charge in [-0.15, -0.1) is 0 Å². The van der Waals surface area contributed by atoms with Gasteiger partial charge in [0.15, 0.2) is 9.84 Å². The van der Waals surface area contributed by atoms with Crippen LogP contribution in [0.1, 0.15) is 37.4 Å². The summed E-state index contributed by atoms with van der Waals surface area (Å²) in [5.74, 6) is 3.24. The summed E-state index contributed by atoms with van der Waals surface area (Å²) >= 11 is 0. The van der Waals surface area contributed by atoms with Crippen molar-refractivity contribution in [1.82, 2.24) is 9.97 Å². The molecule has 2 aliphatic rings. The zero-order valence-electron chi connectivity index (χ0n) is 11.5. The van der Waals surface area contributed by atoms with Gasteiger partial charge < -0.3 is 4.98 Å². The molecular formula is C15H18N2O2S. The molecule has 2 unspecified atom stereocenters. The predicted octanol–water partition coefficient (Wildman–Crippen LogP) is 2.87. The molecule has 1 aromatic carbocycles. The third-order valence-corrected chi connectivity index (χ3v) is 5.98. The summed E-state index contributed by atoms with van der Waals surface area (Å²) in [6.07, 6.45) is 6.56. The van der Waals surface area contributed by atoms with Crippen LogP contribution < -0.4 is 0 Å². The molecular weight excluding hydrogens is 272 g/mol. The van der Waals surface area contributed by atoms with E-state index in [1.165, 1.54) is 31.9 Å². The number of H-pyrrole nitrogens is 1. The molecule has 0 saturated heterocycles. The Balaban J connectivity index is 1.73. The molecule has 2 saturated carbocycles. The molecule has 2 atom stereocenters. The monoisotopic (exact) mass is 290 g/mol. The summed E-state index contributed by atoms with van der Waals surface area (Å²) < 4.78 is 23.2. The van der Waals surface area contributed by atoms with E-state index in [1.807, 2.05) is 0 Å². The Labute approximate surface area is 118 Å². The van der Waals surface area contributed by atoms with Gasteiger partial charge in [-0.05, 0) is 42.9 Å². The Bertz CT molecular complexity index is 766. The highest BCUT2D eigenvalue weighted by molar-refractivity contribution is 7.90. The second kappa shape index (κ2) is 4.07. The second-order valence-electron chi connectivity index (χ2n) is 6.21. The second-order valence-corrected chi connectivity index (χ2v) is 8.23. The Morgan fingerprint density at radius 2 is 1.90 bits per heavy atom. The van der Waals surface area contributed by atoms with Crippen molar-refractivity contribution in [3.63, 3.8) is 0 Å². The fraction of sp³-hybridized carbons (Fsp3) is 0.533. The van der Waals surface area contributed by atoms with E-state index in [4.69, 9.17) is 0 Å². The molecule has 5 heteroatoms. The van der Waals surface area contributed by atoms with Gasteiger partial charge in [0, 0.05) is 12.2 Å². The van der Waals surface area contributed by atoms with Crippen molar-refractivity contribution < 1.29 is 8.42 Å². The number of hydrogen-bond acceptors (Lipinski definition) is 3. The molecule has 0 bridgehead atoms. The molecule has 0 aliphatic heterocycles. The predicted molar refractivity (Wildman–Crippen MR) is 77.4 cm³/mol. The van der Waals surface area contributed by atoms with E-state index >= 15 is 0 Å². The maximum absolute atomic E-state index is 11.6. The van der Waals surface area contributed by atoms with Gasteiger partial charge in [0.05, 0.1) is 15.9 Å². The highest BCUT2D eigenvalue weighted by Gasteiger charge is 2.52. The van der Waals surface area contributed by atoms with Crippen LogP contribution in [-0.2, 0) is 9.84 Å². The van der Waals surface area contributed by atoms with E-state index in [1.54, 1.807) is 18.2 Å². The molecule has 4 rings (SSSR count). The van der Waals surface area contributed by atoms with E-state index in [2.05, 4.69) is 9.97 Å². The molecule has 2 aliphatic carbocycles. The van der Waals surface area contributed by atoms with Gasteiger partial charge in [0.2, 0.25) is 0 Å². The molecule has 0 spiro atoms. The highest BCUT2D eigenvalue weighted by Crippen LogP contribution is 2.60. The Hall–Kier alpha value is -1.36. The number of imidazole rings is 1. The lowest BCUT2D eigenvalue weighted by molar-refractivity contribution is 0.480. The summed E-state index contributed by atoms with van der Waals surface area (Å²) in [6, 6.07) is 5.15. The van der Waals surface area contributed by atoms with E-state index in [0.717, 1.165) is 28.7 Å². The number of aromatic amines is 1. The summed E-state index contributed by atoms with van der Waals surface area (Å²) in [7, 11) is -3.16. The van der Waals surface area contributed by atoms with Crippen molar-refractivity contribution in [1.29, 1.82) is 0 Å². The number of fused-ring (bicyclic) bond motifs is 2. The number of benzene rings is 1. The average molecular weight is 290 g/mol. The first kappa shape index (κ1) is 12.4. The molecule has 2 aromatic rings. The maximum Gasteiger partial charge on any atom is 0.175 e. The minimum Gasteiger partial charge on any atom is -0.342 e. The van der Waals surface area contributed by atoms with Crippen LogP contribution in [0.4, 0.5) is 0 Å². The molecule has 106 valence electrons. The van der Waals surface area contributed by atoms with Gasteiger partial charge in [0.1, 0.15) is 5.82 Å². The van der Waals surface area contributed by atoms with Gasteiger partial charge >= 0.3 is 0 Å². The van der Waals surface area contributed by atoms with Crippen molar-refractivity contribution in [2.45, 2.75) is 36.5 Å². The van der Waals surface area contributed by atoms with Gasteiger partial charge in [-0.2, -0.15) is 0 Å². The van der Waals surface area contributed by atoms with Crippen molar-refractivity contribution in [3.8, 4) is 0 Å². The fourth-order valence-corrected chi connectivity index (χ4v) is 4.44. The van der Waals surface area contributed by atoms with Crippen LogP contribution in [-0.4, -0.2) is 24.6 Å². The minimum atomic E-state index is -3.16. The normalized spacial score (nSPS) is 29.4. The highest BCUT2D eigenvalue weighted by atomic mass is 32.2. The summed E-state index contributed by atoms with van der Waals surface area (Å²) in [5.41, 5.74) is 1.71. The third kappa shape index (κ3) is 1.87. The quantitative estimate of drug-likeness (QED) is 0.925. The standard InChI is InChI=1S/C15H18N2O2S/c1-20(18,19)9-6-7-12-13(8-9)17-15(16-12)14-10-4-2-3-5-11(10)14/h6-8,10-11,14H,2-5H2,1H3,(H,16,17). The van der Waals surface area contributed by atoms with Crippen molar-refractivity contribution >= 4 is 20.9 Å². The smallest absolute Gasteiger partial charge is 0.175 e. The van der Waals surface area contributed by atoms with Gasteiger partial charge in [0.25, 0.3) is 0 Å². The Morgan fingerprint density at radius 3 is 2.55 bits per heavy atom. The number of aromatic nitrogens is 2. The van der Waals surface area contributed by atoms with Crippen molar-refractivity contribution in [2.75, 3.05) is 6.26 Å². The van der Waals surface area contributed by atoms with E-state index in [-0.39, 0.29) is 0 Å². The first-order chi connectivity index (χ1) is 9.54. The number of sulfone groups is 1. The van der Waals surface area contributed by atoms with Crippen LogP contribution in [0.3, 0.4) is 0 Å². The number of hydrogen-bond donors (Lipinski definition) is 1. The largest absolute Gasteiger partial charge is 0.342 e. The van der Waals surface area contributed by atoms with Crippen LogP contribution in [0.25, 0.3) is 11.0 Å². The molecule has 0 radical (unpaired) electrons. The molecule has 1 aromatic heterocycles. The molecule has 4 nitrogen and oxygen atoms in total. The van der Waals surface area contributed by atoms with Crippen LogP contribution in [0, 0.1) is 11.8 Å². The Kier molecular flexibility index (Phi) is 2.52. The van der Waals surface area contributed by atoms with Crippen LogP contribution in [0.5, 0.6) is 0 Å². The van der Waals surface area contributed by atoms with E-state index in [9.17, 15) is 8.42 Å². The fourth-order valence-electron chi connectivity index (χ4n) is 3.79. The van der Waals surface area contributed by atoms with Crippen LogP contribution >= 0.6 is 0 Å². The van der Waals surface area contributed by atoms with Crippen LogP contribution in [0.15, 0.2) is 23.1 Å². The van der Waals surface area contributed by atoms with Gasteiger partial charge in [-0.25, -0.2) is 13.4 Å². The average Bonchev–Trinajstić information content (AvgIpc) is 2.99. The zero-order chi connectivity index (χ0) is 13.9. The van der Waals surface area contributed by atoms with Crippen LogP contribution in [0.2, 0.25) is 0 Å². The lowest BCUT2D eigenvalue weighted by atomic mass is 10.0. The summed E-state index contributed by atoms with van der Waals surface area (Å²) in [4.78, 5) is 8.38. The Morgan fingerprint density at radius 1 is 1.20 bits per heavy atom. The van der Waals surface area contributed by atoms with Crippen molar-refractivity contribution in [3.05, 3.63) is 24.0 Å². The minimum absolute atomic E-state index is 0.355. The van der Waals surface area contributed by atoms with Crippen molar-refractivity contribution in [2.24, 2.45) is 11.8 Å². The van der Waals surface area contributed by atoms with Gasteiger partial charge in [-0.1, -0.05) is 12.8 Å². The first-order valence-electron chi connectivity index (χ1n) is 7.24. The zero-order valence-corrected chi connectivity index (χ0v) is 12.3.